The van der Waals surface area contributed by atoms with Crippen molar-refractivity contribution in [3.8, 4) is 0 Å². The van der Waals surface area contributed by atoms with E-state index >= 15 is 0 Å². The first-order valence-electron chi connectivity index (χ1n) is 18.2. The van der Waals surface area contributed by atoms with Crippen LogP contribution in [-0.4, -0.2) is 17.5 Å². The van der Waals surface area contributed by atoms with Gasteiger partial charge in [0.25, 0.3) is 0 Å². The molecule has 0 aromatic rings. The second-order valence-corrected chi connectivity index (χ2v) is 13.0. The Morgan fingerprint density at radius 1 is 0.263 bits per heavy atom. The standard InChI is InChI=1S/C36H74ClN/c1-3-5-7-9-11-13-15-17-19-21-23-25-27-29-31-33-35-38(37)36-34-32-30-28-26-24-22-20-18-16-14-12-10-8-6-4-2/h3-36H2,1-2H3. The van der Waals surface area contributed by atoms with E-state index < -0.39 is 0 Å². The molecule has 0 saturated heterocycles. The van der Waals surface area contributed by atoms with Crippen LogP contribution < -0.4 is 0 Å². The highest BCUT2D eigenvalue weighted by molar-refractivity contribution is 6.13. The Morgan fingerprint density at radius 3 is 0.605 bits per heavy atom. The molecule has 0 spiro atoms. The van der Waals surface area contributed by atoms with Gasteiger partial charge in [-0.25, -0.2) is 4.42 Å². The van der Waals surface area contributed by atoms with E-state index in [2.05, 4.69) is 18.3 Å². The molecule has 0 aromatic heterocycles. The predicted molar refractivity (Wildman–Crippen MR) is 177 cm³/mol. The third-order valence-corrected chi connectivity index (χ3v) is 8.85. The normalized spacial score (nSPS) is 11.7. The lowest BCUT2D eigenvalue weighted by Gasteiger charge is -2.13. The second-order valence-electron chi connectivity index (χ2n) is 12.5. The zero-order valence-corrected chi connectivity index (χ0v) is 27.6. The van der Waals surface area contributed by atoms with Crippen molar-refractivity contribution in [1.82, 2.24) is 4.42 Å². The highest BCUT2D eigenvalue weighted by Crippen LogP contribution is 2.16. The van der Waals surface area contributed by atoms with E-state index in [1.54, 1.807) is 0 Å². The molecule has 0 radical (unpaired) electrons. The monoisotopic (exact) mass is 556 g/mol. The highest BCUT2D eigenvalue weighted by Gasteiger charge is 2.01. The van der Waals surface area contributed by atoms with Gasteiger partial charge < -0.3 is 0 Å². The summed E-state index contributed by atoms with van der Waals surface area (Å²) in [4.78, 5) is 0. The van der Waals surface area contributed by atoms with Gasteiger partial charge in [-0.1, -0.05) is 206 Å². The fourth-order valence-corrected chi connectivity index (χ4v) is 6.01. The van der Waals surface area contributed by atoms with E-state index in [-0.39, 0.29) is 0 Å². The molecule has 38 heavy (non-hydrogen) atoms. The molecule has 0 aromatic carbocycles. The summed E-state index contributed by atoms with van der Waals surface area (Å²) in [6, 6.07) is 0. The van der Waals surface area contributed by atoms with Crippen LogP contribution in [0, 0.1) is 0 Å². The summed E-state index contributed by atoms with van der Waals surface area (Å²) in [5, 5.41) is 0. The van der Waals surface area contributed by atoms with Crippen molar-refractivity contribution in [2.45, 2.75) is 219 Å². The molecule has 0 aliphatic rings. The van der Waals surface area contributed by atoms with Crippen LogP contribution in [0.5, 0.6) is 0 Å². The molecule has 0 amide bonds. The van der Waals surface area contributed by atoms with Crippen LogP contribution >= 0.6 is 11.8 Å². The lowest BCUT2D eigenvalue weighted by atomic mass is 10.0. The lowest BCUT2D eigenvalue weighted by Crippen LogP contribution is -2.15. The molecule has 0 saturated carbocycles. The van der Waals surface area contributed by atoms with Crippen molar-refractivity contribution in [2.75, 3.05) is 13.1 Å². The minimum absolute atomic E-state index is 1.08. The average Bonchev–Trinajstić information content (AvgIpc) is 2.92. The van der Waals surface area contributed by atoms with Crippen molar-refractivity contribution in [3.05, 3.63) is 0 Å². The largest absolute Gasteiger partial charge is 0.220 e. The maximum atomic E-state index is 6.44. The van der Waals surface area contributed by atoms with E-state index in [4.69, 9.17) is 11.8 Å². The molecule has 0 fully saturated rings. The van der Waals surface area contributed by atoms with E-state index in [9.17, 15) is 0 Å². The van der Waals surface area contributed by atoms with E-state index in [0.717, 1.165) is 13.1 Å². The van der Waals surface area contributed by atoms with Crippen LogP contribution in [-0.2, 0) is 0 Å². The first-order valence-corrected chi connectivity index (χ1v) is 18.6. The van der Waals surface area contributed by atoms with Gasteiger partial charge in [0.2, 0.25) is 0 Å². The molecule has 0 atom stereocenters. The van der Waals surface area contributed by atoms with Gasteiger partial charge in [0.15, 0.2) is 0 Å². The van der Waals surface area contributed by atoms with Crippen molar-refractivity contribution >= 4 is 11.8 Å². The molecule has 0 rings (SSSR count). The predicted octanol–water partition coefficient (Wildman–Crippen LogP) is 14.0. The zero-order chi connectivity index (χ0) is 27.6. The maximum Gasteiger partial charge on any atom is 0.0139 e. The molecule has 0 heterocycles. The number of rotatable bonds is 34. The number of unbranched alkanes of at least 4 members (excludes halogenated alkanes) is 30. The third-order valence-electron chi connectivity index (χ3n) is 8.51. The van der Waals surface area contributed by atoms with Gasteiger partial charge >= 0.3 is 0 Å². The molecule has 0 unspecified atom stereocenters. The molecule has 0 bridgehead atoms. The smallest absolute Gasteiger partial charge is 0.0139 e. The lowest BCUT2D eigenvalue weighted by molar-refractivity contribution is 0.411. The van der Waals surface area contributed by atoms with Crippen LogP contribution in [0.25, 0.3) is 0 Å². The zero-order valence-electron chi connectivity index (χ0n) is 26.9. The minimum atomic E-state index is 1.08. The number of hydrogen-bond acceptors (Lipinski definition) is 1. The number of halogens is 1. The highest BCUT2D eigenvalue weighted by atomic mass is 35.5. The summed E-state index contributed by atoms with van der Waals surface area (Å²) >= 11 is 6.44. The van der Waals surface area contributed by atoms with Crippen LogP contribution in [0.15, 0.2) is 0 Å². The number of nitrogens with zero attached hydrogens (tertiary/aromatic N) is 1. The third kappa shape index (κ3) is 34.3. The Morgan fingerprint density at radius 2 is 0.421 bits per heavy atom. The molecule has 230 valence electrons. The molecule has 0 N–H and O–H groups in total. The molecule has 0 aliphatic carbocycles. The summed E-state index contributed by atoms with van der Waals surface area (Å²) < 4.78 is 2.06. The van der Waals surface area contributed by atoms with E-state index in [1.807, 2.05) is 0 Å². The van der Waals surface area contributed by atoms with Crippen molar-refractivity contribution in [3.63, 3.8) is 0 Å². The SMILES string of the molecule is CCCCCCCCCCCCCCCCCCN(Cl)CCCCCCCCCCCCCCCCCC. The Bertz CT molecular complexity index is 363. The second kappa shape index (κ2) is 35.3. The average molecular weight is 556 g/mol. The van der Waals surface area contributed by atoms with Crippen molar-refractivity contribution in [1.29, 1.82) is 0 Å². The summed E-state index contributed by atoms with van der Waals surface area (Å²) in [7, 11) is 0. The van der Waals surface area contributed by atoms with Gasteiger partial charge in [0, 0.05) is 13.1 Å². The van der Waals surface area contributed by atoms with E-state index in [0.29, 0.717) is 0 Å². The Labute approximate surface area is 248 Å². The fourth-order valence-electron chi connectivity index (χ4n) is 5.77. The molecular weight excluding hydrogens is 482 g/mol. The molecule has 2 heteroatoms. The van der Waals surface area contributed by atoms with Crippen LogP contribution in [0.1, 0.15) is 219 Å². The Kier molecular flexibility index (Phi) is 35.5. The van der Waals surface area contributed by atoms with Crippen LogP contribution in [0.4, 0.5) is 0 Å². The molecular formula is C36H74ClN. The van der Waals surface area contributed by atoms with Crippen molar-refractivity contribution in [2.24, 2.45) is 0 Å². The fraction of sp³-hybridized carbons (Fsp3) is 1.00. The van der Waals surface area contributed by atoms with Gasteiger partial charge in [-0.2, -0.15) is 0 Å². The van der Waals surface area contributed by atoms with Gasteiger partial charge in [-0.15, -0.1) is 0 Å². The topological polar surface area (TPSA) is 3.24 Å². The Hall–Kier alpha value is 0.250. The first kappa shape index (κ1) is 38.2. The van der Waals surface area contributed by atoms with Crippen LogP contribution in [0.2, 0.25) is 0 Å². The van der Waals surface area contributed by atoms with Gasteiger partial charge in [0.05, 0.1) is 0 Å². The summed E-state index contributed by atoms with van der Waals surface area (Å²) in [5.74, 6) is 0. The molecule has 1 nitrogen and oxygen atoms in total. The van der Waals surface area contributed by atoms with E-state index in [1.165, 1.54) is 205 Å². The minimum Gasteiger partial charge on any atom is -0.220 e. The van der Waals surface area contributed by atoms with Gasteiger partial charge in [-0.3, -0.25) is 0 Å². The van der Waals surface area contributed by atoms with Crippen LogP contribution in [0.3, 0.4) is 0 Å². The van der Waals surface area contributed by atoms with Crippen molar-refractivity contribution < 1.29 is 0 Å². The Balaban J connectivity index is 3.13. The van der Waals surface area contributed by atoms with Gasteiger partial charge in [0.1, 0.15) is 0 Å². The summed E-state index contributed by atoms with van der Waals surface area (Å²) in [6.07, 6.45) is 45.8. The quantitative estimate of drug-likeness (QED) is 0.0563. The molecule has 0 aliphatic heterocycles. The maximum absolute atomic E-state index is 6.44. The van der Waals surface area contributed by atoms with Gasteiger partial charge in [-0.05, 0) is 24.6 Å². The number of hydrogen-bond donors (Lipinski definition) is 0. The summed E-state index contributed by atoms with van der Waals surface area (Å²) in [6.45, 7) is 6.77. The summed E-state index contributed by atoms with van der Waals surface area (Å²) in [5.41, 5.74) is 0. The first-order chi connectivity index (χ1) is 18.8.